The molecule has 1 atom stereocenters. The molecular weight excluding hydrogens is 514 g/mol. The van der Waals surface area contributed by atoms with Crippen LogP contribution in [0, 0.1) is 5.82 Å². The highest BCUT2D eigenvalue weighted by atomic mass is 127. The molecule has 0 radical (unpaired) electrons. The molecule has 0 heterocycles. The van der Waals surface area contributed by atoms with Crippen LogP contribution in [-0.4, -0.2) is 37.9 Å². The van der Waals surface area contributed by atoms with Crippen molar-refractivity contribution in [1.29, 1.82) is 0 Å². The minimum atomic E-state index is -2.90. The molecule has 1 unspecified atom stereocenters. The molecule has 0 bridgehead atoms. The molecule has 2 aromatic carbocycles. The van der Waals surface area contributed by atoms with Crippen molar-refractivity contribution in [3.8, 4) is 11.5 Å². The van der Waals surface area contributed by atoms with Gasteiger partial charge in [-0.05, 0) is 42.3 Å². The molecule has 166 valence electrons. The lowest BCUT2D eigenvalue weighted by Crippen LogP contribution is -2.39. The Kier molecular flexibility index (Phi) is 11.3. The quantitative estimate of drug-likeness (QED) is 0.257. The van der Waals surface area contributed by atoms with Crippen LogP contribution >= 0.6 is 24.0 Å². The molecule has 6 nitrogen and oxygen atoms in total. The molecule has 2 aromatic rings. The summed E-state index contributed by atoms with van der Waals surface area (Å²) in [5.41, 5.74) is 1.20. The van der Waals surface area contributed by atoms with E-state index < -0.39 is 18.5 Å². The third-order valence-corrected chi connectivity index (χ3v) is 3.93. The fourth-order valence-corrected chi connectivity index (χ4v) is 2.50. The summed E-state index contributed by atoms with van der Waals surface area (Å²) in [6.45, 7) is -0.0457. The number of guanidine groups is 1. The predicted octanol–water partition coefficient (Wildman–Crippen LogP) is 3.84. The molecule has 0 aliphatic rings. The lowest BCUT2D eigenvalue weighted by atomic mass is 10.1. The van der Waals surface area contributed by atoms with Crippen molar-refractivity contribution in [2.75, 3.05) is 20.2 Å². The molecule has 0 saturated carbocycles. The number of rotatable bonds is 9. The van der Waals surface area contributed by atoms with E-state index in [-0.39, 0.29) is 48.6 Å². The number of nitrogens with one attached hydrogen (secondary N) is 2. The predicted molar refractivity (Wildman–Crippen MR) is 119 cm³/mol. The van der Waals surface area contributed by atoms with Crippen molar-refractivity contribution in [2.24, 2.45) is 4.99 Å². The number of ether oxygens (including phenoxy) is 2. The summed E-state index contributed by atoms with van der Waals surface area (Å²) in [5.74, 6) is 0.162. The molecular formula is C20H25F3IN3O3. The Hall–Kier alpha value is -2.21. The van der Waals surface area contributed by atoms with Gasteiger partial charge in [0.15, 0.2) is 17.5 Å². The van der Waals surface area contributed by atoms with Crippen LogP contribution in [0.5, 0.6) is 11.5 Å². The maximum absolute atomic E-state index is 13.8. The first kappa shape index (κ1) is 25.8. The van der Waals surface area contributed by atoms with Gasteiger partial charge in [-0.3, -0.25) is 0 Å². The van der Waals surface area contributed by atoms with Gasteiger partial charge in [0, 0.05) is 13.1 Å². The van der Waals surface area contributed by atoms with Gasteiger partial charge in [-0.25, -0.2) is 9.38 Å². The zero-order valence-corrected chi connectivity index (χ0v) is 18.9. The molecule has 0 fully saturated rings. The number of aliphatic imine (C=N–C) groups is 1. The van der Waals surface area contributed by atoms with Gasteiger partial charge in [-0.2, -0.15) is 8.78 Å². The van der Waals surface area contributed by atoms with E-state index in [1.54, 1.807) is 6.07 Å². The third kappa shape index (κ3) is 8.27. The lowest BCUT2D eigenvalue weighted by Gasteiger charge is -2.16. The van der Waals surface area contributed by atoms with Gasteiger partial charge in [0.1, 0.15) is 5.75 Å². The fourth-order valence-electron chi connectivity index (χ4n) is 2.50. The van der Waals surface area contributed by atoms with Crippen molar-refractivity contribution in [3.05, 3.63) is 59.4 Å². The van der Waals surface area contributed by atoms with E-state index in [0.29, 0.717) is 23.6 Å². The van der Waals surface area contributed by atoms with Crippen LogP contribution in [0.4, 0.5) is 13.2 Å². The number of alkyl halides is 2. The van der Waals surface area contributed by atoms with Gasteiger partial charge in [0.05, 0.1) is 19.8 Å². The van der Waals surface area contributed by atoms with Crippen molar-refractivity contribution < 1.29 is 27.8 Å². The molecule has 0 spiro atoms. The normalized spacial score (nSPS) is 12.2. The second kappa shape index (κ2) is 13.2. The smallest absolute Gasteiger partial charge is 0.387 e. The zero-order valence-electron chi connectivity index (χ0n) is 16.6. The molecule has 0 saturated heterocycles. The summed E-state index contributed by atoms with van der Waals surface area (Å²) in [7, 11) is 1.40. The summed E-state index contributed by atoms with van der Waals surface area (Å²) in [4.78, 5) is 4.37. The number of halogens is 4. The van der Waals surface area contributed by atoms with E-state index in [1.807, 2.05) is 6.92 Å². The standard InChI is InChI=1S/C20H24F3N3O3.HI/c1-3-24-20(25-11-13-4-9-18(28-2)16(21)10-13)26-12-17(27)14-5-7-15(8-6-14)29-19(22)23;/h4-10,17,19,27H,3,11-12H2,1-2H3,(H2,24,25,26);1H. The second-order valence-corrected chi connectivity index (χ2v) is 6.01. The Morgan fingerprint density at radius 3 is 2.40 bits per heavy atom. The minimum absolute atomic E-state index is 0. The van der Waals surface area contributed by atoms with Gasteiger partial charge in [-0.1, -0.05) is 18.2 Å². The molecule has 0 aromatic heterocycles. The molecule has 2 rings (SSSR count). The molecule has 30 heavy (non-hydrogen) atoms. The maximum atomic E-state index is 13.8. The van der Waals surface area contributed by atoms with Gasteiger partial charge in [0.2, 0.25) is 0 Å². The fraction of sp³-hybridized carbons (Fsp3) is 0.350. The van der Waals surface area contributed by atoms with Crippen molar-refractivity contribution in [2.45, 2.75) is 26.2 Å². The van der Waals surface area contributed by atoms with Gasteiger partial charge in [0.25, 0.3) is 0 Å². The molecule has 0 aliphatic heterocycles. The van der Waals surface area contributed by atoms with Gasteiger partial charge < -0.3 is 25.2 Å². The van der Waals surface area contributed by atoms with Crippen molar-refractivity contribution in [1.82, 2.24) is 10.6 Å². The van der Waals surface area contributed by atoms with Crippen LogP contribution in [-0.2, 0) is 6.54 Å². The first-order valence-electron chi connectivity index (χ1n) is 9.00. The lowest BCUT2D eigenvalue weighted by molar-refractivity contribution is -0.0498. The Morgan fingerprint density at radius 2 is 1.83 bits per heavy atom. The Bertz CT molecular complexity index is 808. The largest absolute Gasteiger partial charge is 0.494 e. The average Bonchev–Trinajstić information content (AvgIpc) is 2.70. The van der Waals surface area contributed by atoms with Crippen LogP contribution in [0.3, 0.4) is 0 Å². The average molecular weight is 539 g/mol. The van der Waals surface area contributed by atoms with Gasteiger partial charge >= 0.3 is 6.61 Å². The van der Waals surface area contributed by atoms with Crippen LogP contribution in [0.2, 0.25) is 0 Å². The van der Waals surface area contributed by atoms with Crippen LogP contribution < -0.4 is 20.1 Å². The Balaban J connectivity index is 0.00000450. The van der Waals surface area contributed by atoms with Crippen LogP contribution in [0.1, 0.15) is 24.2 Å². The van der Waals surface area contributed by atoms with Crippen molar-refractivity contribution in [3.63, 3.8) is 0 Å². The number of hydrogen-bond acceptors (Lipinski definition) is 4. The highest BCUT2D eigenvalue weighted by Gasteiger charge is 2.10. The number of hydrogen-bond donors (Lipinski definition) is 3. The zero-order chi connectivity index (χ0) is 21.2. The molecule has 0 amide bonds. The first-order valence-corrected chi connectivity index (χ1v) is 9.00. The summed E-state index contributed by atoms with van der Waals surface area (Å²) in [5, 5.41) is 16.3. The molecule has 3 N–H and O–H groups in total. The van der Waals surface area contributed by atoms with E-state index in [9.17, 15) is 18.3 Å². The topological polar surface area (TPSA) is 75.1 Å². The SMILES string of the molecule is CCNC(=NCc1ccc(OC)c(F)c1)NCC(O)c1ccc(OC(F)F)cc1.I. The van der Waals surface area contributed by atoms with Gasteiger partial charge in [-0.15, -0.1) is 24.0 Å². The van der Waals surface area contributed by atoms with Crippen molar-refractivity contribution >= 4 is 29.9 Å². The van der Waals surface area contributed by atoms with Crippen LogP contribution in [0.25, 0.3) is 0 Å². The maximum Gasteiger partial charge on any atom is 0.387 e. The summed E-state index contributed by atoms with van der Waals surface area (Å²) in [6.07, 6.45) is -0.891. The van der Waals surface area contributed by atoms with E-state index in [4.69, 9.17) is 4.74 Å². The highest BCUT2D eigenvalue weighted by Crippen LogP contribution is 2.19. The summed E-state index contributed by atoms with van der Waals surface area (Å²) < 4.78 is 47.3. The number of methoxy groups -OCH3 is 1. The number of benzene rings is 2. The van der Waals surface area contributed by atoms with Crippen LogP contribution in [0.15, 0.2) is 47.5 Å². The highest BCUT2D eigenvalue weighted by molar-refractivity contribution is 14.0. The Labute approximate surface area is 190 Å². The van der Waals surface area contributed by atoms with E-state index in [0.717, 1.165) is 0 Å². The summed E-state index contributed by atoms with van der Waals surface area (Å²) in [6, 6.07) is 10.3. The summed E-state index contributed by atoms with van der Waals surface area (Å²) >= 11 is 0. The molecule has 0 aliphatic carbocycles. The van der Waals surface area contributed by atoms with E-state index >= 15 is 0 Å². The third-order valence-electron chi connectivity index (χ3n) is 3.93. The monoisotopic (exact) mass is 539 g/mol. The second-order valence-electron chi connectivity index (χ2n) is 6.01. The minimum Gasteiger partial charge on any atom is -0.494 e. The number of nitrogens with zero attached hydrogens (tertiary/aromatic N) is 1. The first-order chi connectivity index (χ1) is 13.9. The number of aliphatic hydroxyl groups excluding tert-OH is 1. The Morgan fingerprint density at radius 1 is 1.13 bits per heavy atom. The van der Waals surface area contributed by atoms with E-state index in [2.05, 4.69) is 20.4 Å². The molecule has 10 heteroatoms. The van der Waals surface area contributed by atoms with E-state index in [1.165, 1.54) is 43.5 Å². The number of aliphatic hydroxyl groups is 1.